The molecule has 0 rings (SSSR count). The van der Waals surface area contributed by atoms with Crippen molar-refractivity contribution in [3.63, 3.8) is 0 Å². The Morgan fingerprint density at radius 3 is 1.35 bits per heavy atom. The highest BCUT2D eigenvalue weighted by molar-refractivity contribution is 5.76. The van der Waals surface area contributed by atoms with E-state index in [2.05, 4.69) is 129 Å². The summed E-state index contributed by atoms with van der Waals surface area (Å²) < 4.78 is 0. The zero-order valence-electron chi connectivity index (χ0n) is 33.3. The van der Waals surface area contributed by atoms with Gasteiger partial charge in [-0.05, 0) is 96.3 Å². The van der Waals surface area contributed by atoms with E-state index in [1.807, 2.05) is 6.08 Å². The number of hydrogen-bond donors (Lipinski definition) is 3. The van der Waals surface area contributed by atoms with Crippen LogP contribution in [0.3, 0.4) is 0 Å². The molecule has 4 heteroatoms. The number of hydrogen-bond acceptors (Lipinski definition) is 3. The van der Waals surface area contributed by atoms with E-state index < -0.39 is 12.1 Å². The third kappa shape index (κ3) is 38.0. The van der Waals surface area contributed by atoms with E-state index in [0.29, 0.717) is 6.42 Å². The highest BCUT2D eigenvalue weighted by atomic mass is 16.3. The number of amides is 1. The van der Waals surface area contributed by atoms with Crippen LogP contribution >= 0.6 is 0 Å². The topological polar surface area (TPSA) is 69.6 Å². The van der Waals surface area contributed by atoms with Gasteiger partial charge in [-0.1, -0.05) is 174 Å². The Bertz CT molecular complexity index is 1080. The van der Waals surface area contributed by atoms with Gasteiger partial charge >= 0.3 is 0 Å². The van der Waals surface area contributed by atoms with Crippen LogP contribution in [0.15, 0.2) is 122 Å². The number of aliphatic hydroxyl groups is 2. The van der Waals surface area contributed by atoms with Gasteiger partial charge in [0.05, 0.1) is 18.8 Å². The molecule has 2 unspecified atom stereocenters. The van der Waals surface area contributed by atoms with Crippen molar-refractivity contribution < 1.29 is 15.0 Å². The Morgan fingerprint density at radius 2 is 0.865 bits per heavy atom. The van der Waals surface area contributed by atoms with E-state index in [-0.39, 0.29) is 12.5 Å². The molecule has 0 saturated carbocycles. The summed E-state index contributed by atoms with van der Waals surface area (Å²) in [5.41, 5.74) is 0. The van der Waals surface area contributed by atoms with E-state index in [1.54, 1.807) is 6.08 Å². The average Bonchev–Trinajstić information content (AvgIpc) is 3.15. The fourth-order valence-electron chi connectivity index (χ4n) is 5.26. The van der Waals surface area contributed by atoms with Crippen LogP contribution in [0.4, 0.5) is 0 Å². The molecule has 0 heterocycles. The first kappa shape index (κ1) is 48.8. The molecule has 0 aromatic heterocycles. The van der Waals surface area contributed by atoms with Crippen molar-refractivity contribution >= 4 is 5.91 Å². The van der Waals surface area contributed by atoms with Crippen LogP contribution in [0, 0.1) is 0 Å². The molecule has 292 valence electrons. The predicted molar refractivity (Wildman–Crippen MR) is 229 cm³/mol. The quantitative estimate of drug-likeness (QED) is 0.0452. The van der Waals surface area contributed by atoms with Crippen molar-refractivity contribution in [3.8, 4) is 0 Å². The molecule has 0 aromatic rings. The lowest BCUT2D eigenvalue weighted by Gasteiger charge is -2.19. The molecule has 3 N–H and O–H groups in total. The van der Waals surface area contributed by atoms with Crippen LogP contribution in [0.25, 0.3) is 0 Å². The van der Waals surface area contributed by atoms with Crippen LogP contribution in [0.2, 0.25) is 0 Å². The molecule has 0 radical (unpaired) electrons. The SMILES string of the molecule is CC/C=C\C/C=C\C/C=C\C/C=C\C/C=C\C/C=C\C/C=C\C/C=C\CCCCCCCCC(=O)NC(CO)C(O)/C=C/CC/C=C/CCCCC. The summed E-state index contributed by atoms with van der Waals surface area (Å²) in [5.74, 6) is -0.0990. The number of allylic oxidation sites excluding steroid dienone is 19. The van der Waals surface area contributed by atoms with Crippen LogP contribution in [-0.4, -0.2) is 34.9 Å². The van der Waals surface area contributed by atoms with E-state index in [0.717, 1.165) is 96.3 Å². The first-order chi connectivity index (χ1) is 25.7. The molecule has 0 aliphatic rings. The molecule has 4 nitrogen and oxygen atoms in total. The maximum atomic E-state index is 12.3. The summed E-state index contributed by atoms with van der Waals surface area (Å²) in [6.07, 6.45) is 65.9. The standard InChI is InChI=1S/C48H77NO3/c1-3-5-7-9-11-13-14-15-16-17-18-19-20-21-22-23-24-25-26-27-28-29-30-31-32-33-34-36-38-40-42-44-48(52)49-46(45-50)47(51)43-41-39-37-35-12-10-8-6-4-2/h5,7,11-13,15-16,18-19,21-22,24-25,27-28,30-31,35,41,43,46-47,50-51H,3-4,6,8-10,14,17,20,23,26,29,32-34,36-40,42,44-45H2,1-2H3,(H,49,52)/b7-5-,13-11-,16-15-,19-18-,22-21-,25-24-,28-27-,31-30-,35-12+,43-41+. The first-order valence-corrected chi connectivity index (χ1v) is 20.7. The van der Waals surface area contributed by atoms with Crippen LogP contribution in [0.1, 0.15) is 155 Å². The number of rotatable bonds is 35. The Hall–Kier alpha value is -3.21. The highest BCUT2D eigenvalue weighted by Crippen LogP contribution is 2.10. The summed E-state index contributed by atoms with van der Waals surface area (Å²) >= 11 is 0. The van der Waals surface area contributed by atoms with Crippen molar-refractivity contribution in [1.29, 1.82) is 0 Å². The number of carbonyl (C=O) groups excluding carboxylic acids is 1. The van der Waals surface area contributed by atoms with Gasteiger partial charge in [0, 0.05) is 6.42 Å². The lowest BCUT2D eigenvalue weighted by Crippen LogP contribution is -2.45. The van der Waals surface area contributed by atoms with E-state index >= 15 is 0 Å². The average molecular weight is 716 g/mol. The lowest BCUT2D eigenvalue weighted by atomic mass is 10.1. The number of aliphatic hydroxyl groups excluding tert-OH is 2. The Labute approximate surface area is 320 Å². The zero-order chi connectivity index (χ0) is 37.8. The van der Waals surface area contributed by atoms with E-state index in [9.17, 15) is 15.0 Å². The number of carbonyl (C=O) groups is 1. The number of unbranched alkanes of at least 4 members (excludes halogenated alkanes) is 10. The number of nitrogens with one attached hydrogen (secondary N) is 1. The normalized spacial score (nSPS) is 14.3. The minimum Gasteiger partial charge on any atom is -0.394 e. The van der Waals surface area contributed by atoms with Crippen molar-refractivity contribution in [1.82, 2.24) is 5.32 Å². The van der Waals surface area contributed by atoms with Crippen LogP contribution in [-0.2, 0) is 4.79 Å². The fraction of sp³-hybridized carbons (Fsp3) is 0.562. The molecular weight excluding hydrogens is 639 g/mol. The highest BCUT2D eigenvalue weighted by Gasteiger charge is 2.17. The summed E-state index contributed by atoms with van der Waals surface area (Å²) in [4.78, 5) is 12.3. The molecular formula is C48H77NO3. The predicted octanol–water partition coefficient (Wildman–Crippen LogP) is 13.0. The summed E-state index contributed by atoms with van der Waals surface area (Å²) in [7, 11) is 0. The van der Waals surface area contributed by atoms with Gasteiger partial charge in [0.2, 0.25) is 5.91 Å². The maximum Gasteiger partial charge on any atom is 0.220 e. The van der Waals surface area contributed by atoms with Gasteiger partial charge in [-0.3, -0.25) is 4.79 Å². The zero-order valence-corrected chi connectivity index (χ0v) is 33.3. The Morgan fingerprint density at radius 1 is 0.481 bits per heavy atom. The second-order valence-corrected chi connectivity index (χ2v) is 13.3. The van der Waals surface area contributed by atoms with Gasteiger partial charge in [0.1, 0.15) is 0 Å². The molecule has 0 aliphatic carbocycles. The first-order valence-electron chi connectivity index (χ1n) is 20.7. The second kappa shape index (κ2) is 42.2. The molecule has 0 spiro atoms. The van der Waals surface area contributed by atoms with E-state index in [1.165, 1.54) is 38.5 Å². The molecule has 0 bridgehead atoms. The van der Waals surface area contributed by atoms with Gasteiger partial charge in [0.25, 0.3) is 0 Å². The molecule has 52 heavy (non-hydrogen) atoms. The van der Waals surface area contributed by atoms with Crippen LogP contribution in [0.5, 0.6) is 0 Å². The van der Waals surface area contributed by atoms with E-state index in [4.69, 9.17) is 0 Å². The van der Waals surface area contributed by atoms with Crippen LogP contribution < -0.4 is 5.32 Å². The van der Waals surface area contributed by atoms with Crippen molar-refractivity contribution in [3.05, 3.63) is 122 Å². The molecule has 0 aliphatic heterocycles. The minimum atomic E-state index is -0.874. The van der Waals surface area contributed by atoms with Gasteiger partial charge in [-0.2, -0.15) is 0 Å². The monoisotopic (exact) mass is 716 g/mol. The second-order valence-electron chi connectivity index (χ2n) is 13.3. The van der Waals surface area contributed by atoms with Crippen molar-refractivity contribution in [2.45, 2.75) is 167 Å². The summed E-state index contributed by atoms with van der Waals surface area (Å²) in [6.45, 7) is 4.10. The maximum absolute atomic E-state index is 12.3. The molecule has 2 atom stereocenters. The fourth-order valence-corrected chi connectivity index (χ4v) is 5.26. The minimum absolute atomic E-state index is 0.0990. The van der Waals surface area contributed by atoms with Crippen molar-refractivity contribution in [2.24, 2.45) is 0 Å². The molecule has 0 saturated heterocycles. The molecule has 0 aromatic carbocycles. The largest absolute Gasteiger partial charge is 0.394 e. The van der Waals surface area contributed by atoms with Crippen molar-refractivity contribution in [2.75, 3.05) is 6.61 Å². The Balaban J connectivity index is 3.70. The third-order valence-corrected chi connectivity index (χ3v) is 8.43. The van der Waals surface area contributed by atoms with Gasteiger partial charge in [0.15, 0.2) is 0 Å². The smallest absolute Gasteiger partial charge is 0.220 e. The van der Waals surface area contributed by atoms with Gasteiger partial charge < -0.3 is 15.5 Å². The molecule has 0 fully saturated rings. The summed E-state index contributed by atoms with van der Waals surface area (Å²) in [5, 5.41) is 22.8. The Kier molecular flexibility index (Phi) is 39.6. The summed E-state index contributed by atoms with van der Waals surface area (Å²) in [6, 6.07) is -0.653. The molecule has 1 amide bonds. The lowest BCUT2D eigenvalue weighted by molar-refractivity contribution is -0.123. The third-order valence-electron chi connectivity index (χ3n) is 8.43. The van der Waals surface area contributed by atoms with Gasteiger partial charge in [-0.25, -0.2) is 0 Å². The van der Waals surface area contributed by atoms with Gasteiger partial charge in [-0.15, -0.1) is 0 Å².